The van der Waals surface area contributed by atoms with Gasteiger partial charge in [0.15, 0.2) is 0 Å². The third-order valence-electron chi connectivity index (χ3n) is 10.7. The number of ether oxygens (including phenoxy) is 8. The van der Waals surface area contributed by atoms with Gasteiger partial charge in [-0.1, -0.05) is 65.2 Å². The normalized spacial score (nSPS) is 18.3. The van der Waals surface area contributed by atoms with Crippen LogP contribution in [0.4, 0.5) is 9.59 Å². The minimum atomic E-state index is -1.44. The first kappa shape index (κ1) is 52.9. The maximum atomic E-state index is 12.9. The summed E-state index contributed by atoms with van der Waals surface area (Å²) in [5.41, 5.74) is -2.87. The van der Waals surface area contributed by atoms with E-state index in [4.69, 9.17) is 37.9 Å². The van der Waals surface area contributed by atoms with Crippen LogP contribution < -0.4 is 10.6 Å². The highest BCUT2D eigenvalue weighted by atomic mass is 16.6. The van der Waals surface area contributed by atoms with Crippen molar-refractivity contribution in [3.05, 3.63) is 75.9 Å². The molecule has 2 amide bonds. The second kappa shape index (κ2) is 28.4. The number of hydrogen-bond acceptors (Lipinski definition) is 16. The number of rotatable bonds is 28. The molecule has 0 heterocycles. The second-order valence-electron chi connectivity index (χ2n) is 15.8. The van der Waals surface area contributed by atoms with E-state index in [9.17, 15) is 38.4 Å². The number of amides is 2. The molecule has 2 fully saturated rings. The fourth-order valence-corrected chi connectivity index (χ4v) is 7.14. The molecule has 2 atom stereocenters. The van der Waals surface area contributed by atoms with E-state index in [-0.39, 0.29) is 11.8 Å². The third kappa shape index (κ3) is 21.0. The Morgan fingerprint density at radius 3 is 1.02 bits per heavy atom. The van der Waals surface area contributed by atoms with Gasteiger partial charge in [-0.05, 0) is 55.8 Å². The van der Waals surface area contributed by atoms with Gasteiger partial charge in [0.2, 0.25) is 0 Å². The zero-order valence-electron chi connectivity index (χ0n) is 36.0. The van der Waals surface area contributed by atoms with Crippen molar-refractivity contribution in [2.24, 2.45) is 34.5 Å². The molecular formula is C45H62N2O16. The van der Waals surface area contributed by atoms with E-state index in [2.05, 4.69) is 50.1 Å². The molecule has 0 aromatic heterocycles. The highest BCUT2D eigenvalue weighted by Gasteiger charge is 2.39. The zero-order valence-corrected chi connectivity index (χ0v) is 36.0. The van der Waals surface area contributed by atoms with Crippen molar-refractivity contribution in [2.75, 3.05) is 65.9 Å². The molecular weight excluding hydrogens is 824 g/mol. The number of esters is 6. The van der Waals surface area contributed by atoms with Crippen molar-refractivity contribution >= 4 is 48.0 Å². The molecule has 2 unspecified atom stereocenters. The van der Waals surface area contributed by atoms with E-state index in [1.54, 1.807) is 0 Å². The van der Waals surface area contributed by atoms with Crippen molar-refractivity contribution < 1.29 is 76.3 Å². The van der Waals surface area contributed by atoms with Crippen LogP contribution in [0.1, 0.15) is 57.8 Å². The van der Waals surface area contributed by atoms with Crippen LogP contribution in [0.5, 0.6) is 0 Å². The first-order valence-corrected chi connectivity index (χ1v) is 20.7. The first-order valence-electron chi connectivity index (χ1n) is 20.7. The molecule has 0 aromatic carbocycles. The molecule has 18 heteroatoms. The lowest BCUT2D eigenvalue weighted by Gasteiger charge is -2.35. The molecule has 2 rings (SSSR count). The number of nitrogens with one attached hydrogen (secondary N) is 2. The Morgan fingerprint density at radius 1 is 0.397 bits per heavy atom. The van der Waals surface area contributed by atoms with Gasteiger partial charge in [0.1, 0.15) is 63.7 Å². The van der Waals surface area contributed by atoms with E-state index < -0.39 is 112 Å². The van der Waals surface area contributed by atoms with Crippen molar-refractivity contribution in [3.8, 4) is 0 Å². The van der Waals surface area contributed by atoms with Crippen molar-refractivity contribution in [1.82, 2.24) is 10.6 Å². The number of carbonyl (C=O) groups excluding carboxylic acids is 8. The van der Waals surface area contributed by atoms with Gasteiger partial charge in [-0.2, -0.15) is 0 Å². The van der Waals surface area contributed by atoms with Crippen LogP contribution in [0.3, 0.4) is 0 Å². The Bertz CT molecular complexity index is 1530. The summed E-state index contributed by atoms with van der Waals surface area (Å²) in [6.45, 7) is 17.4. The number of alkyl carbamates (subject to hydrolysis) is 2. The average molecular weight is 887 g/mol. The maximum Gasteiger partial charge on any atom is 0.407 e. The number of carbonyl (C=O) groups is 8. The van der Waals surface area contributed by atoms with Crippen LogP contribution in [0, 0.1) is 34.5 Å². The van der Waals surface area contributed by atoms with E-state index in [0.717, 1.165) is 94.2 Å². The van der Waals surface area contributed by atoms with Crippen LogP contribution in [0.15, 0.2) is 75.9 Å². The van der Waals surface area contributed by atoms with Crippen LogP contribution in [-0.2, 0) is 66.7 Å². The Hall–Kier alpha value is -6.20. The van der Waals surface area contributed by atoms with E-state index in [1.165, 1.54) is 0 Å². The average Bonchev–Trinajstić information content (AvgIpc) is 3.31. The van der Waals surface area contributed by atoms with Gasteiger partial charge in [0.05, 0.1) is 0 Å². The number of hydrogen-bond donors (Lipinski definition) is 2. The lowest BCUT2D eigenvalue weighted by Crippen LogP contribution is -2.45. The topological polar surface area (TPSA) is 234 Å². The summed E-state index contributed by atoms with van der Waals surface area (Å²) >= 11 is 0. The summed E-state index contributed by atoms with van der Waals surface area (Å²) in [4.78, 5) is 96.9. The minimum absolute atomic E-state index is 0.221. The standard InChI is InChI=1S/C45H62N2O16/c1-7-36(48)56-24-44(25-57-37(49)8-2,26-58-38(50)9-3)30-62-42(54)46-22-33-18-16-32(17-19-33)20-34-14-13-15-35(21-34)23-47-43(55)63-31-45(27-59-39(51)10-4,28-60-40(52)11-5)29-61-41(53)12-6/h7-12,32-35H,1-6,13-31H2,(H,46,54)(H,47,55). The highest BCUT2D eigenvalue weighted by Crippen LogP contribution is 2.38. The smallest absolute Gasteiger partial charge is 0.407 e. The largest absolute Gasteiger partial charge is 0.462 e. The van der Waals surface area contributed by atoms with Gasteiger partial charge >= 0.3 is 48.0 Å². The molecule has 2 saturated carbocycles. The first-order chi connectivity index (χ1) is 30.1. The summed E-state index contributed by atoms with van der Waals surface area (Å²) < 4.78 is 42.0. The summed E-state index contributed by atoms with van der Waals surface area (Å²) in [6.07, 6.45) is 12.9. The lowest BCUT2D eigenvalue weighted by molar-refractivity contribution is -0.161. The van der Waals surface area contributed by atoms with Crippen LogP contribution >= 0.6 is 0 Å². The predicted molar refractivity (Wildman–Crippen MR) is 226 cm³/mol. The molecule has 2 N–H and O–H groups in total. The van der Waals surface area contributed by atoms with E-state index in [0.29, 0.717) is 24.9 Å². The Morgan fingerprint density at radius 2 is 0.683 bits per heavy atom. The fourth-order valence-electron chi connectivity index (χ4n) is 7.14. The maximum absolute atomic E-state index is 12.9. The quantitative estimate of drug-likeness (QED) is 0.0611. The molecule has 2 aliphatic rings. The Balaban J connectivity index is 1.87. The third-order valence-corrected chi connectivity index (χ3v) is 10.7. The molecule has 0 radical (unpaired) electrons. The van der Waals surface area contributed by atoms with Gasteiger partial charge in [0.25, 0.3) is 0 Å². The van der Waals surface area contributed by atoms with Gasteiger partial charge in [-0.15, -0.1) is 0 Å². The van der Waals surface area contributed by atoms with Crippen LogP contribution in [-0.4, -0.2) is 114 Å². The van der Waals surface area contributed by atoms with Gasteiger partial charge in [0, 0.05) is 49.5 Å². The van der Waals surface area contributed by atoms with Gasteiger partial charge in [-0.3, -0.25) is 0 Å². The van der Waals surface area contributed by atoms with Crippen molar-refractivity contribution in [1.29, 1.82) is 0 Å². The van der Waals surface area contributed by atoms with E-state index in [1.807, 2.05) is 0 Å². The van der Waals surface area contributed by atoms with Crippen molar-refractivity contribution in [3.63, 3.8) is 0 Å². The monoisotopic (exact) mass is 886 g/mol. The summed E-state index contributed by atoms with van der Waals surface area (Å²) in [5, 5.41) is 5.60. The molecule has 0 aliphatic heterocycles. The van der Waals surface area contributed by atoms with Gasteiger partial charge < -0.3 is 48.5 Å². The van der Waals surface area contributed by atoms with E-state index >= 15 is 0 Å². The van der Waals surface area contributed by atoms with Crippen molar-refractivity contribution in [2.45, 2.75) is 57.8 Å². The Kier molecular flexibility index (Phi) is 23.9. The zero-order chi connectivity index (χ0) is 46.7. The lowest BCUT2D eigenvalue weighted by atomic mass is 9.73. The molecule has 0 spiro atoms. The fraction of sp³-hybridized carbons (Fsp3) is 0.556. The summed E-state index contributed by atoms with van der Waals surface area (Å²) in [5.74, 6) is -3.28. The minimum Gasteiger partial charge on any atom is -0.462 e. The second-order valence-corrected chi connectivity index (χ2v) is 15.8. The molecule has 2 aliphatic carbocycles. The Labute approximate surface area is 368 Å². The summed E-state index contributed by atoms with van der Waals surface area (Å²) in [7, 11) is 0. The molecule has 18 nitrogen and oxygen atoms in total. The highest BCUT2D eigenvalue weighted by molar-refractivity contribution is 5.83. The molecule has 0 saturated heterocycles. The van der Waals surface area contributed by atoms with Crippen LogP contribution in [0.2, 0.25) is 0 Å². The SMILES string of the molecule is C=CC(=O)OCC(COC(=O)C=C)(COC(=O)C=C)COC(=O)NCC1CCC(CC2CCCC(CNC(=O)OCC(COC(=O)C=C)(COC(=O)C=C)COC(=O)C=C)C2)CC1. The molecule has 63 heavy (non-hydrogen) atoms. The molecule has 0 bridgehead atoms. The summed E-state index contributed by atoms with van der Waals surface area (Å²) in [6, 6.07) is 0. The molecule has 0 aromatic rings. The predicted octanol–water partition coefficient (Wildman–Crippen LogP) is 4.79. The van der Waals surface area contributed by atoms with Gasteiger partial charge in [-0.25, -0.2) is 38.4 Å². The van der Waals surface area contributed by atoms with Crippen LogP contribution in [0.25, 0.3) is 0 Å². The molecule has 348 valence electrons.